The molecular formula is C23H17ClN4O2S. The number of aromatic carboxylic acids is 1. The number of carbonyl (C=O) groups is 1. The van der Waals surface area contributed by atoms with Gasteiger partial charge < -0.3 is 5.11 Å². The summed E-state index contributed by atoms with van der Waals surface area (Å²) in [5.41, 5.74) is 4.48. The van der Waals surface area contributed by atoms with Crippen LogP contribution < -0.4 is 5.01 Å². The first-order valence-electron chi connectivity index (χ1n) is 9.82. The molecule has 2 aliphatic rings. The summed E-state index contributed by atoms with van der Waals surface area (Å²) < 4.78 is 0. The number of benzene rings is 2. The second-order valence-corrected chi connectivity index (χ2v) is 9.33. The Bertz CT molecular complexity index is 1290. The number of hydrogen-bond acceptors (Lipinski definition) is 6. The van der Waals surface area contributed by atoms with Gasteiger partial charge in [0.2, 0.25) is 0 Å². The number of rotatable bonds is 3. The maximum atomic E-state index is 11.4. The summed E-state index contributed by atoms with van der Waals surface area (Å²) in [6, 6.07) is 12.7. The fourth-order valence-electron chi connectivity index (χ4n) is 4.40. The van der Waals surface area contributed by atoms with E-state index in [1.165, 1.54) is 0 Å². The lowest BCUT2D eigenvalue weighted by Crippen LogP contribution is -2.28. The predicted octanol–water partition coefficient (Wildman–Crippen LogP) is 5.20. The summed E-state index contributed by atoms with van der Waals surface area (Å²) in [6.45, 7) is 1.98. The van der Waals surface area contributed by atoms with Gasteiger partial charge in [-0.05, 0) is 55.7 Å². The fraction of sp³-hybridized carbons (Fsp3) is 0.217. The van der Waals surface area contributed by atoms with Gasteiger partial charge in [0, 0.05) is 22.6 Å². The number of thiazole rings is 1. The van der Waals surface area contributed by atoms with Crippen LogP contribution in [0.5, 0.6) is 0 Å². The molecule has 2 aromatic carbocycles. The number of hydrazone groups is 1. The van der Waals surface area contributed by atoms with Crippen molar-refractivity contribution in [2.75, 3.05) is 5.01 Å². The van der Waals surface area contributed by atoms with Crippen LogP contribution in [0.15, 0.2) is 47.7 Å². The highest BCUT2D eigenvalue weighted by Gasteiger charge is 2.43. The van der Waals surface area contributed by atoms with Gasteiger partial charge in [-0.2, -0.15) is 10.4 Å². The molecule has 1 aromatic heterocycles. The zero-order valence-corrected chi connectivity index (χ0v) is 18.1. The lowest BCUT2D eigenvalue weighted by Gasteiger charge is -2.29. The van der Waals surface area contributed by atoms with Crippen molar-refractivity contribution in [3.8, 4) is 6.07 Å². The number of aryl methyl sites for hydroxylation is 2. The Hall–Kier alpha value is -3.21. The number of aromatic nitrogens is 1. The normalized spacial score (nSPS) is 19.4. The molecular weight excluding hydrogens is 432 g/mol. The number of halogens is 1. The van der Waals surface area contributed by atoms with Gasteiger partial charge in [0.1, 0.15) is 6.07 Å². The van der Waals surface area contributed by atoms with E-state index < -0.39 is 5.97 Å². The molecule has 2 unspecified atom stereocenters. The smallest absolute Gasteiger partial charge is 0.335 e. The fourth-order valence-corrected chi connectivity index (χ4v) is 5.56. The van der Waals surface area contributed by atoms with E-state index in [9.17, 15) is 15.2 Å². The number of anilines is 1. The minimum absolute atomic E-state index is 0.0301. The largest absolute Gasteiger partial charge is 0.478 e. The third kappa shape index (κ3) is 3.29. The van der Waals surface area contributed by atoms with Crippen molar-refractivity contribution in [3.63, 3.8) is 0 Å². The number of carboxylic acid groups (broad SMARTS) is 1. The summed E-state index contributed by atoms with van der Waals surface area (Å²) in [5.74, 6) is -0.775. The van der Waals surface area contributed by atoms with Gasteiger partial charge in [-0.3, -0.25) is 5.01 Å². The molecule has 1 aliphatic carbocycles. The van der Waals surface area contributed by atoms with E-state index in [4.69, 9.17) is 16.7 Å². The predicted molar refractivity (Wildman–Crippen MR) is 120 cm³/mol. The maximum Gasteiger partial charge on any atom is 0.335 e. The van der Waals surface area contributed by atoms with E-state index in [0.717, 1.165) is 45.3 Å². The van der Waals surface area contributed by atoms with E-state index in [2.05, 4.69) is 11.1 Å². The minimum Gasteiger partial charge on any atom is -0.478 e. The average molecular weight is 449 g/mol. The molecule has 5 rings (SSSR count). The van der Waals surface area contributed by atoms with Gasteiger partial charge in [-0.25, -0.2) is 9.78 Å². The molecule has 31 heavy (non-hydrogen) atoms. The van der Waals surface area contributed by atoms with Gasteiger partial charge in [-0.15, -0.1) is 11.3 Å². The highest BCUT2D eigenvalue weighted by atomic mass is 35.5. The first kappa shape index (κ1) is 19.7. The number of hydrogen-bond donors (Lipinski definition) is 1. The molecule has 2 heterocycles. The lowest BCUT2D eigenvalue weighted by molar-refractivity contribution is 0.0696. The minimum atomic E-state index is -0.926. The summed E-state index contributed by atoms with van der Waals surface area (Å²) in [4.78, 5) is 17.0. The van der Waals surface area contributed by atoms with Crippen LogP contribution in [0.3, 0.4) is 0 Å². The molecule has 154 valence electrons. The molecule has 0 saturated heterocycles. The second-order valence-electron chi connectivity index (χ2n) is 7.65. The first-order chi connectivity index (χ1) is 15.0. The highest BCUT2D eigenvalue weighted by Crippen LogP contribution is 2.47. The van der Waals surface area contributed by atoms with Crippen LogP contribution in [0.4, 0.5) is 5.69 Å². The van der Waals surface area contributed by atoms with Crippen LogP contribution in [0.1, 0.15) is 49.4 Å². The Labute approximate surface area is 188 Å². The summed E-state index contributed by atoms with van der Waals surface area (Å²) in [5, 5.41) is 26.9. The monoisotopic (exact) mass is 448 g/mol. The van der Waals surface area contributed by atoms with Crippen molar-refractivity contribution >= 4 is 40.3 Å². The summed E-state index contributed by atoms with van der Waals surface area (Å²) in [7, 11) is 0. The van der Waals surface area contributed by atoms with Crippen molar-refractivity contribution in [1.82, 2.24) is 4.98 Å². The zero-order chi connectivity index (χ0) is 21.7. The van der Waals surface area contributed by atoms with E-state index in [1.54, 1.807) is 35.6 Å². The van der Waals surface area contributed by atoms with Crippen molar-refractivity contribution < 1.29 is 9.90 Å². The molecule has 8 heteroatoms. The van der Waals surface area contributed by atoms with Crippen LogP contribution in [-0.4, -0.2) is 21.8 Å². The highest BCUT2D eigenvalue weighted by molar-refractivity contribution is 7.11. The van der Waals surface area contributed by atoms with Gasteiger partial charge in [0.25, 0.3) is 0 Å². The third-order valence-corrected chi connectivity index (χ3v) is 7.13. The Morgan fingerprint density at radius 1 is 1.32 bits per heavy atom. The van der Waals surface area contributed by atoms with E-state index in [1.807, 2.05) is 30.3 Å². The molecule has 1 aliphatic heterocycles. The van der Waals surface area contributed by atoms with Crippen LogP contribution in [-0.2, 0) is 6.42 Å². The standard InChI is InChI=1S/C23H17ClN4O2S/c1-12-26-11-20(31-12)22-18-7-3-13-8-14(23(29)30)4-6-17(13)21(18)27-28(22)16-5-2-15(10-25)19(24)9-16/h2,4-6,8-9,11,18,22H,3,7H2,1H3,(H,29,30). The zero-order valence-electron chi connectivity index (χ0n) is 16.5. The average Bonchev–Trinajstić information content (AvgIpc) is 3.36. The molecule has 0 saturated carbocycles. The van der Waals surface area contributed by atoms with Gasteiger partial charge in [0.15, 0.2) is 0 Å². The van der Waals surface area contributed by atoms with Crippen molar-refractivity contribution in [3.05, 3.63) is 79.8 Å². The Balaban J connectivity index is 1.64. The number of nitrogens with zero attached hydrogens (tertiary/aromatic N) is 4. The molecule has 3 aromatic rings. The SMILES string of the molecule is Cc1ncc(C2C3CCc4cc(C(=O)O)ccc4C3=NN2c2ccc(C#N)c(Cl)c2)s1. The molecule has 0 bridgehead atoms. The van der Waals surface area contributed by atoms with Crippen LogP contribution in [0.2, 0.25) is 5.02 Å². The molecule has 0 fully saturated rings. The first-order valence-corrected chi connectivity index (χ1v) is 11.0. The number of fused-ring (bicyclic) bond motifs is 3. The van der Waals surface area contributed by atoms with Crippen LogP contribution >= 0.6 is 22.9 Å². The Kier molecular flexibility index (Phi) is 4.77. The molecule has 0 spiro atoms. The third-order valence-electron chi connectivity index (χ3n) is 5.83. The Morgan fingerprint density at radius 3 is 2.84 bits per heavy atom. The van der Waals surface area contributed by atoms with E-state index in [0.29, 0.717) is 16.1 Å². The quantitative estimate of drug-likeness (QED) is 0.594. The summed E-state index contributed by atoms with van der Waals surface area (Å²) >= 11 is 7.97. The molecule has 0 radical (unpaired) electrons. The van der Waals surface area contributed by atoms with Gasteiger partial charge in [0.05, 0.1) is 38.6 Å². The lowest BCUT2D eigenvalue weighted by atomic mass is 9.78. The Morgan fingerprint density at radius 2 is 2.16 bits per heavy atom. The van der Waals surface area contributed by atoms with Crippen LogP contribution in [0, 0.1) is 24.2 Å². The van der Waals surface area contributed by atoms with Crippen molar-refractivity contribution in [2.24, 2.45) is 11.0 Å². The van der Waals surface area contributed by atoms with Crippen LogP contribution in [0.25, 0.3) is 0 Å². The summed E-state index contributed by atoms with van der Waals surface area (Å²) in [6.07, 6.45) is 3.55. The van der Waals surface area contributed by atoms with E-state index >= 15 is 0 Å². The van der Waals surface area contributed by atoms with Crippen molar-refractivity contribution in [1.29, 1.82) is 5.26 Å². The number of nitriles is 1. The topological polar surface area (TPSA) is 89.6 Å². The van der Waals surface area contributed by atoms with Crippen molar-refractivity contribution in [2.45, 2.75) is 25.8 Å². The van der Waals surface area contributed by atoms with Gasteiger partial charge in [-0.1, -0.05) is 17.7 Å². The second kappa shape index (κ2) is 7.49. The molecule has 6 nitrogen and oxygen atoms in total. The molecule has 2 atom stereocenters. The van der Waals surface area contributed by atoms with E-state index in [-0.39, 0.29) is 12.0 Å². The number of carboxylic acids is 1. The molecule has 0 amide bonds. The maximum absolute atomic E-state index is 11.4. The van der Waals surface area contributed by atoms with Gasteiger partial charge >= 0.3 is 5.97 Å². The molecule has 1 N–H and O–H groups in total.